The van der Waals surface area contributed by atoms with Gasteiger partial charge in [0.05, 0.1) is 12.7 Å². The van der Waals surface area contributed by atoms with Crippen LogP contribution < -0.4 is 5.32 Å². The second kappa shape index (κ2) is 7.50. The predicted molar refractivity (Wildman–Crippen MR) is 65.9 cm³/mol. The van der Waals surface area contributed by atoms with Crippen molar-refractivity contribution in [3.63, 3.8) is 0 Å². The van der Waals surface area contributed by atoms with E-state index in [0.29, 0.717) is 12.6 Å². The highest BCUT2D eigenvalue weighted by molar-refractivity contribution is 5.67. The summed E-state index contributed by atoms with van der Waals surface area (Å²) in [6, 6.07) is 0.458. The number of nitrogens with zero attached hydrogens (tertiary/aromatic N) is 1. The van der Waals surface area contributed by atoms with Gasteiger partial charge in [-0.2, -0.15) is 0 Å². The van der Waals surface area contributed by atoms with Crippen LogP contribution in [0, 0.1) is 0 Å². The van der Waals surface area contributed by atoms with E-state index < -0.39 is 0 Å². The zero-order valence-electron chi connectivity index (χ0n) is 10.8. The first-order chi connectivity index (χ1) is 8.13. The van der Waals surface area contributed by atoms with E-state index in [-0.39, 0.29) is 12.2 Å². The molecule has 1 amide bonds. The Hall–Kier alpha value is -0.810. The first kappa shape index (κ1) is 14.3. The van der Waals surface area contributed by atoms with Crippen molar-refractivity contribution in [3.8, 4) is 0 Å². The van der Waals surface area contributed by atoms with E-state index in [1.54, 1.807) is 11.8 Å². The van der Waals surface area contributed by atoms with Gasteiger partial charge in [0.1, 0.15) is 0 Å². The molecule has 0 aromatic rings. The number of hydrogen-bond acceptors (Lipinski definition) is 4. The number of aliphatic hydroxyl groups excluding tert-OH is 1. The number of hydrogen-bond donors (Lipinski definition) is 2. The van der Waals surface area contributed by atoms with Gasteiger partial charge in [0.15, 0.2) is 0 Å². The molecule has 1 fully saturated rings. The summed E-state index contributed by atoms with van der Waals surface area (Å²) in [7, 11) is 0. The lowest BCUT2D eigenvalue weighted by Crippen LogP contribution is -2.45. The van der Waals surface area contributed by atoms with Gasteiger partial charge in [-0.05, 0) is 39.7 Å². The Labute approximate surface area is 103 Å². The van der Waals surface area contributed by atoms with E-state index in [0.717, 1.165) is 38.9 Å². The molecule has 5 nitrogen and oxygen atoms in total. The molecule has 1 aliphatic rings. The minimum Gasteiger partial charge on any atom is -0.450 e. The van der Waals surface area contributed by atoms with Gasteiger partial charge >= 0.3 is 6.09 Å². The van der Waals surface area contributed by atoms with E-state index in [1.165, 1.54) is 0 Å². The molecule has 1 heterocycles. The average Bonchev–Trinajstić information content (AvgIpc) is 2.30. The van der Waals surface area contributed by atoms with Crippen molar-refractivity contribution in [3.05, 3.63) is 0 Å². The van der Waals surface area contributed by atoms with Crippen LogP contribution in [-0.4, -0.2) is 54.5 Å². The fourth-order valence-corrected chi connectivity index (χ4v) is 1.98. The first-order valence-corrected chi connectivity index (χ1v) is 6.46. The smallest absolute Gasteiger partial charge is 0.409 e. The van der Waals surface area contributed by atoms with Gasteiger partial charge in [0, 0.05) is 19.1 Å². The quantitative estimate of drug-likeness (QED) is 0.756. The minimum atomic E-state index is -0.248. The fraction of sp³-hybridized carbons (Fsp3) is 0.917. The molecule has 0 bridgehead atoms. The molecule has 1 aliphatic heterocycles. The zero-order chi connectivity index (χ0) is 12.7. The molecule has 5 heteroatoms. The monoisotopic (exact) mass is 244 g/mol. The van der Waals surface area contributed by atoms with Crippen LogP contribution in [0.5, 0.6) is 0 Å². The van der Waals surface area contributed by atoms with Gasteiger partial charge in [0.25, 0.3) is 0 Å². The maximum Gasteiger partial charge on any atom is 0.409 e. The summed E-state index contributed by atoms with van der Waals surface area (Å²) in [5.74, 6) is 0. The molecule has 1 saturated heterocycles. The van der Waals surface area contributed by atoms with E-state index in [9.17, 15) is 4.79 Å². The number of nitrogens with one attached hydrogen (secondary N) is 1. The van der Waals surface area contributed by atoms with Gasteiger partial charge < -0.3 is 20.1 Å². The van der Waals surface area contributed by atoms with Gasteiger partial charge in [-0.1, -0.05) is 0 Å². The van der Waals surface area contributed by atoms with Crippen molar-refractivity contribution in [1.82, 2.24) is 10.2 Å². The molecular formula is C12H24N2O3. The van der Waals surface area contributed by atoms with Gasteiger partial charge in [-0.25, -0.2) is 4.79 Å². The Morgan fingerprint density at radius 3 is 2.71 bits per heavy atom. The summed E-state index contributed by atoms with van der Waals surface area (Å²) in [6.45, 7) is 6.40. The SMILES string of the molecule is CCOC(=O)N1CCC(NCCC(C)O)CC1. The predicted octanol–water partition coefficient (Wildman–Crippen LogP) is 0.968. The van der Waals surface area contributed by atoms with Crippen molar-refractivity contribution < 1.29 is 14.6 Å². The molecule has 100 valence electrons. The summed E-state index contributed by atoms with van der Waals surface area (Å²) in [4.78, 5) is 13.2. The topological polar surface area (TPSA) is 61.8 Å². The number of likely N-dealkylation sites (tertiary alicyclic amines) is 1. The van der Waals surface area contributed by atoms with Crippen LogP contribution in [-0.2, 0) is 4.74 Å². The van der Waals surface area contributed by atoms with Crippen molar-refractivity contribution in [1.29, 1.82) is 0 Å². The maximum atomic E-state index is 11.5. The number of amides is 1. The molecule has 0 aliphatic carbocycles. The summed E-state index contributed by atoms with van der Waals surface area (Å²) in [5, 5.41) is 12.6. The Morgan fingerprint density at radius 2 is 2.18 bits per heavy atom. The highest BCUT2D eigenvalue weighted by atomic mass is 16.6. The Bertz CT molecular complexity index is 226. The largest absolute Gasteiger partial charge is 0.450 e. The van der Waals surface area contributed by atoms with E-state index in [4.69, 9.17) is 9.84 Å². The molecule has 17 heavy (non-hydrogen) atoms. The summed E-state index contributed by atoms with van der Waals surface area (Å²) >= 11 is 0. The minimum absolute atomic E-state index is 0.199. The van der Waals surface area contributed by atoms with Crippen molar-refractivity contribution >= 4 is 6.09 Å². The molecule has 0 spiro atoms. The van der Waals surface area contributed by atoms with Gasteiger partial charge in [0.2, 0.25) is 0 Å². The molecule has 1 rings (SSSR count). The first-order valence-electron chi connectivity index (χ1n) is 6.46. The third-order valence-corrected chi connectivity index (χ3v) is 3.02. The van der Waals surface area contributed by atoms with E-state index in [2.05, 4.69) is 5.32 Å². The number of carbonyl (C=O) groups excluding carboxylic acids is 1. The Kier molecular flexibility index (Phi) is 6.29. The number of ether oxygens (including phenoxy) is 1. The van der Waals surface area contributed by atoms with Crippen LogP contribution >= 0.6 is 0 Å². The summed E-state index contributed by atoms with van der Waals surface area (Å²) in [5.41, 5.74) is 0. The number of carbonyl (C=O) groups is 1. The highest BCUT2D eigenvalue weighted by Crippen LogP contribution is 2.11. The zero-order valence-corrected chi connectivity index (χ0v) is 10.8. The fourth-order valence-electron chi connectivity index (χ4n) is 1.98. The van der Waals surface area contributed by atoms with E-state index >= 15 is 0 Å². The van der Waals surface area contributed by atoms with Crippen molar-refractivity contribution in [2.75, 3.05) is 26.2 Å². The summed E-state index contributed by atoms with van der Waals surface area (Å²) in [6.07, 6.45) is 2.24. The standard InChI is InChI=1S/C12H24N2O3/c1-3-17-12(16)14-8-5-11(6-9-14)13-7-4-10(2)15/h10-11,13,15H,3-9H2,1-2H3. The third kappa shape index (κ3) is 5.37. The molecule has 0 saturated carbocycles. The Balaban J connectivity index is 2.15. The van der Waals surface area contributed by atoms with Crippen LogP contribution in [0.15, 0.2) is 0 Å². The second-order valence-electron chi connectivity index (χ2n) is 4.55. The highest BCUT2D eigenvalue weighted by Gasteiger charge is 2.22. The molecule has 0 aromatic heterocycles. The molecule has 2 N–H and O–H groups in total. The molecule has 0 radical (unpaired) electrons. The van der Waals surface area contributed by atoms with Crippen molar-refractivity contribution in [2.24, 2.45) is 0 Å². The second-order valence-corrected chi connectivity index (χ2v) is 4.55. The van der Waals surface area contributed by atoms with E-state index in [1.807, 2.05) is 6.92 Å². The third-order valence-electron chi connectivity index (χ3n) is 3.02. The van der Waals surface area contributed by atoms with Crippen molar-refractivity contribution in [2.45, 2.75) is 45.3 Å². The molecular weight excluding hydrogens is 220 g/mol. The van der Waals surface area contributed by atoms with Gasteiger partial charge in [-0.3, -0.25) is 0 Å². The van der Waals surface area contributed by atoms with Gasteiger partial charge in [-0.15, -0.1) is 0 Å². The van der Waals surface area contributed by atoms with Crippen LogP contribution in [0.4, 0.5) is 4.79 Å². The summed E-state index contributed by atoms with van der Waals surface area (Å²) < 4.78 is 4.96. The number of rotatable bonds is 5. The molecule has 0 aromatic carbocycles. The van der Waals surface area contributed by atoms with Crippen LogP contribution in [0.2, 0.25) is 0 Å². The average molecular weight is 244 g/mol. The number of aliphatic hydroxyl groups is 1. The number of piperidine rings is 1. The molecule has 1 atom stereocenters. The lowest BCUT2D eigenvalue weighted by molar-refractivity contribution is 0.0947. The maximum absolute atomic E-state index is 11.5. The lowest BCUT2D eigenvalue weighted by Gasteiger charge is -2.31. The Morgan fingerprint density at radius 1 is 1.53 bits per heavy atom. The lowest BCUT2D eigenvalue weighted by atomic mass is 10.1. The van der Waals surface area contributed by atoms with Crippen LogP contribution in [0.1, 0.15) is 33.1 Å². The van der Waals surface area contributed by atoms with Crippen LogP contribution in [0.25, 0.3) is 0 Å². The molecule has 1 unspecified atom stereocenters. The van der Waals surface area contributed by atoms with Crippen LogP contribution in [0.3, 0.4) is 0 Å². The normalized spacial score (nSPS) is 19.1.